The van der Waals surface area contributed by atoms with Crippen LogP contribution in [0.1, 0.15) is 28.5 Å². The van der Waals surface area contributed by atoms with Gasteiger partial charge in [-0.3, -0.25) is 10.1 Å². The Morgan fingerprint density at radius 1 is 1.39 bits per heavy atom. The highest BCUT2D eigenvalue weighted by Gasteiger charge is 2.30. The fourth-order valence-corrected chi connectivity index (χ4v) is 2.67. The maximum absolute atomic E-state index is 11.9. The molecule has 0 radical (unpaired) electrons. The van der Waals surface area contributed by atoms with Crippen LogP contribution in [0.5, 0.6) is 5.75 Å². The highest BCUT2D eigenvalue weighted by molar-refractivity contribution is 9.10. The number of nitrogens with zero attached hydrogens (tertiary/aromatic N) is 3. The van der Waals surface area contributed by atoms with Gasteiger partial charge in [0, 0.05) is 11.1 Å². The Morgan fingerprint density at radius 2 is 2.04 bits per heavy atom. The molecular weight excluding hydrogens is 372 g/mol. The number of carbonyl (C=O) groups is 1. The van der Waals surface area contributed by atoms with Crippen molar-refractivity contribution in [3.8, 4) is 17.0 Å². The zero-order valence-electron chi connectivity index (χ0n) is 12.5. The molecule has 1 heterocycles. The van der Waals surface area contributed by atoms with Crippen LogP contribution in [0.2, 0.25) is 0 Å². The van der Waals surface area contributed by atoms with E-state index < -0.39 is 10.9 Å². The molecule has 2 N–H and O–H groups in total. The monoisotopic (exact) mass is 384 g/mol. The summed E-state index contributed by atoms with van der Waals surface area (Å²) in [5.74, 6) is -1.00. The Bertz CT molecular complexity index is 802. The van der Waals surface area contributed by atoms with Gasteiger partial charge in [0.2, 0.25) is 0 Å². The van der Waals surface area contributed by atoms with Crippen molar-refractivity contribution in [2.45, 2.75) is 20.8 Å². The lowest BCUT2D eigenvalue weighted by atomic mass is 9.98. The molecule has 0 unspecified atom stereocenters. The molecule has 1 aromatic heterocycles. The predicted molar refractivity (Wildman–Crippen MR) is 83.3 cm³/mol. The number of aromatic hydroxyl groups is 1. The number of nitro benzene ring substituents is 1. The van der Waals surface area contributed by atoms with E-state index in [-0.39, 0.29) is 50.6 Å². The van der Waals surface area contributed by atoms with E-state index in [0.717, 1.165) is 0 Å². The van der Waals surface area contributed by atoms with Crippen LogP contribution in [0.3, 0.4) is 0 Å². The standard InChI is InChI=1S/C13H13BrN4O5/c1-4-23-13(20)10-9(15-17-16-10)7-5(2)11(18(21)22)6(3)8(14)12(7)19/h19H,4H2,1-3H3,(H,15,16,17). The average Bonchev–Trinajstić information content (AvgIpc) is 2.94. The summed E-state index contributed by atoms with van der Waals surface area (Å²) in [5.41, 5.74) is 0.147. The number of rotatable bonds is 4. The number of hydrogen-bond donors (Lipinski definition) is 2. The molecule has 2 aromatic rings. The SMILES string of the molecule is CCOC(=O)c1n[nH]nc1-c1c(C)c([N+](=O)[O-])c(C)c(Br)c1O. The highest BCUT2D eigenvalue weighted by Crippen LogP contribution is 2.45. The van der Waals surface area contributed by atoms with Crippen molar-refractivity contribution in [2.75, 3.05) is 6.61 Å². The number of benzene rings is 1. The summed E-state index contributed by atoms with van der Waals surface area (Å²) in [6, 6.07) is 0. The van der Waals surface area contributed by atoms with Gasteiger partial charge in [-0.2, -0.15) is 10.3 Å². The molecule has 23 heavy (non-hydrogen) atoms. The molecule has 0 aliphatic carbocycles. The van der Waals surface area contributed by atoms with Crippen LogP contribution in [0.4, 0.5) is 5.69 Å². The number of H-pyrrole nitrogens is 1. The lowest BCUT2D eigenvalue weighted by Crippen LogP contribution is -2.08. The van der Waals surface area contributed by atoms with Crippen molar-refractivity contribution in [3.05, 3.63) is 31.4 Å². The first-order valence-corrected chi connectivity index (χ1v) is 7.34. The van der Waals surface area contributed by atoms with Crippen LogP contribution >= 0.6 is 15.9 Å². The zero-order chi connectivity index (χ0) is 17.3. The topological polar surface area (TPSA) is 131 Å². The Kier molecular flexibility index (Phi) is 4.64. The van der Waals surface area contributed by atoms with Crippen LogP contribution in [-0.4, -0.2) is 38.0 Å². The maximum Gasteiger partial charge on any atom is 0.361 e. The van der Waals surface area contributed by atoms with Gasteiger partial charge in [-0.15, -0.1) is 5.10 Å². The molecule has 1 aromatic carbocycles. The number of aromatic amines is 1. The Balaban J connectivity index is 2.78. The molecule has 10 heteroatoms. The Labute approximate surface area is 138 Å². The van der Waals surface area contributed by atoms with E-state index >= 15 is 0 Å². The molecule has 0 saturated carbocycles. The molecule has 0 spiro atoms. The molecule has 0 saturated heterocycles. The quantitative estimate of drug-likeness (QED) is 0.470. The molecule has 0 atom stereocenters. The van der Waals surface area contributed by atoms with E-state index in [9.17, 15) is 20.0 Å². The highest BCUT2D eigenvalue weighted by atomic mass is 79.9. The number of ether oxygens (including phenoxy) is 1. The van der Waals surface area contributed by atoms with E-state index in [2.05, 4.69) is 31.3 Å². The molecule has 9 nitrogen and oxygen atoms in total. The maximum atomic E-state index is 11.9. The number of phenols is 1. The van der Waals surface area contributed by atoms with E-state index in [1.54, 1.807) is 6.92 Å². The fraction of sp³-hybridized carbons (Fsp3) is 0.308. The Morgan fingerprint density at radius 3 is 2.61 bits per heavy atom. The lowest BCUT2D eigenvalue weighted by molar-refractivity contribution is -0.386. The molecule has 0 amide bonds. The zero-order valence-corrected chi connectivity index (χ0v) is 14.1. The molecule has 0 fully saturated rings. The average molecular weight is 385 g/mol. The summed E-state index contributed by atoms with van der Waals surface area (Å²) in [6.07, 6.45) is 0. The van der Waals surface area contributed by atoms with E-state index in [1.165, 1.54) is 13.8 Å². The third kappa shape index (κ3) is 2.77. The first-order chi connectivity index (χ1) is 10.8. The Hall–Kier alpha value is -2.49. The number of nitrogens with one attached hydrogen (secondary N) is 1. The minimum atomic E-state index is -0.741. The molecule has 0 bridgehead atoms. The predicted octanol–water partition coefficient (Wildman–Crippen LogP) is 2.64. The minimum Gasteiger partial charge on any atom is -0.506 e. The summed E-state index contributed by atoms with van der Waals surface area (Å²) < 4.78 is 5.03. The van der Waals surface area contributed by atoms with Crippen molar-refractivity contribution < 1.29 is 19.6 Å². The van der Waals surface area contributed by atoms with Crippen molar-refractivity contribution in [2.24, 2.45) is 0 Å². The van der Waals surface area contributed by atoms with Gasteiger partial charge in [0.05, 0.1) is 21.6 Å². The van der Waals surface area contributed by atoms with Gasteiger partial charge >= 0.3 is 5.97 Å². The number of aromatic nitrogens is 3. The van der Waals surface area contributed by atoms with Crippen molar-refractivity contribution in [1.82, 2.24) is 15.4 Å². The number of esters is 1. The van der Waals surface area contributed by atoms with E-state index in [0.29, 0.717) is 0 Å². The summed E-state index contributed by atoms with van der Waals surface area (Å²) >= 11 is 3.13. The van der Waals surface area contributed by atoms with Gasteiger partial charge in [0.15, 0.2) is 5.69 Å². The second-order valence-corrected chi connectivity index (χ2v) is 5.43. The van der Waals surface area contributed by atoms with Crippen LogP contribution in [0.25, 0.3) is 11.3 Å². The number of carbonyl (C=O) groups excluding carboxylic acids is 1. The largest absolute Gasteiger partial charge is 0.506 e. The van der Waals surface area contributed by atoms with Gasteiger partial charge in [-0.1, -0.05) is 0 Å². The molecule has 2 rings (SSSR count). The molecular formula is C13H13BrN4O5. The summed E-state index contributed by atoms with van der Waals surface area (Å²) in [6.45, 7) is 4.74. The van der Waals surface area contributed by atoms with E-state index in [1.807, 2.05) is 0 Å². The van der Waals surface area contributed by atoms with Gasteiger partial charge in [-0.05, 0) is 36.7 Å². The summed E-state index contributed by atoms with van der Waals surface area (Å²) in [7, 11) is 0. The van der Waals surface area contributed by atoms with Gasteiger partial charge in [0.25, 0.3) is 5.69 Å². The smallest absolute Gasteiger partial charge is 0.361 e. The third-order valence-corrected chi connectivity index (χ3v) is 4.27. The molecule has 0 aliphatic rings. The van der Waals surface area contributed by atoms with Crippen molar-refractivity contribution >= 4 is 27.6 Å². The minimum absolute atomic E-state index is 0.0118. The first-order valence-electron chi connectivity index (χ1n) is 6.55. The third-order valence-electron chi connectivity index (χ3n) is 3.30. The van der Waals surface area contributed by atoms with E-state index in [4.69, 9.17) is 4.74 Å². The summed E-state index contributed by atoms with van der Waals surface area (Å²) in [4.78, 5) is 22.7. The first kappa shape index (κ1) is 16.9. The van der Waals surface area contributed by atoms with Crippen LogP contribution in [0, 0.1) is 24.0 Å². The number of nitro groups is 1. The normalized spacial score (nSPS) is 10.6. The number of halogens is 1. The molecule has 122 valence electrons. The van der Waals surface area contributed by atoms with Gasteiger partial charge < -0.3 is 9.84 Å². The van der Waals surface area contributed by atoms with Gasteiger partial charge in [-0.25, -0.2) is 4.79 Å². The number of phenolic OH excluding ortho intramolecular Hbond substituents is 1. The van der Waals surface area contributed by atoms with Crippen molar-refractivity contribution in [1.29, 1.82) is 0 Å². The van der Waals surface area contributed by atoms with Crippen LogP contribution in [0.15, 0.2) is 4.47 Å². The molecule has 0 aliphatic heterocycles. The van der Waals surface area contributed by atoms with Crippen LogP contribution < -0.4 is 0 Å². The fourth-order valence-electron chi connectivity index (χ4n) is 2.28. The van der Waals surface area contributed by atoms with Gasteiger partial charge in [0.1, 0.15) is 11.4 Å². The second kappa shape index (κ2) is 6.32. The van der Waals surface area contributed by atoms with Crippen molar-refractivity contribution in [3.63, 3.8) is 0 Å². The number of hydrogen-bond acceptors (Lipinski definition) is 7. The lowest BCUT2D eigenvalue weighted by Gasteiger charge is -2.12. The second-order valence-electron chi connectivity index (χ2n) is 4.63. The summed E-state index contributed by atoms with van der Waals surface area (Å²) in [5, 5.41) is 31.5. The van der Waals surface area contributed by atoms with Crippen LogP contribution in [-0.2, 0) is 4.74 Å².